The Bertz CT molecular complexity index is 618. The van der Waals surface area contributed by atoms with E-state index >= 15 is 0 Å². The number of likely N-dealkylation sites (N-methyl/N-ethyl adjacent to an activating group) is 1. The minimum atomic E-state index is -0.502. The first kappa shape index (κ1) is 15.9. The second-order valence-electron chi connectivity index (χ2n) is 4.78. The van der Waals surface area contributed by atoms with Crippen LogP contribution in [0.1, 0.15) is 17.8 Å². The maximum Gasteiger partial charge on any atom is 0.238 e. The van der Waals surface area contributed by atoms with Gasteiger partial charge in [-0.2, -0.15) is 0 Å². The fraction of sp³-hybridized carbons (Fsp3) is 0.267. The lowest BCUT2D eigenvalue weighted by molar-refractivity contribution is -0.117. The number of thiophene rings is 1. The Kier molecular flexibility index (Phi) is 5.33. The lowest BCUT2D eigenvalue weighted by Gasteiger charge is -2.23. The molecule has 0 fully saturated rings. The summed E-state index contributed by atoms with van der Waals surface area (Å²) >= 11 is 7.35. The van der Waals surface area contributed by atoms with Crippen molar-refractivity contribution in [2.45, 2.75) is 13.0 Å². The molecule has 2 rings (SSSR count). The zero-order chi connectivity index (χ0) is 15.4. The Balaban J connectivity index is 1.93. The van der Waals surface area contributed by atoms with Gasteiger partial charge in [-0.25, -0.2) is 4.39 Å². The molecule has 1 amide bonds. The Morgan fingerprint density at radius 3 is 2.86 bits per heavy atom. The summed E-state index contributed by atoms with van der Waals surface area (Å²) in [5.41, 5.74) is 0.489. The van der Waals surface area contributed by atoms with E-state index in [1.807, 2.05) is 36.4 Å². The Morgan fingerprint density at radius 2 is 2.24 bits per heavy atom. The van der Waals surface area contributed by atoms with E-state index in [0.717, 1.165) is 0 Å². The van der Waals surface area contributed by atoms with Crippen LogP contribution in [0, 0.1) is 5.82 Å². The summed E-state index contributed by atoms with van der Waals surface area (Å²) in [6, 6.07) is 8.32. The van der Waals surface area contributed by atoms with Crippen LogP contribution < -0.4 is 5.32 Å². The molecule has 0 aliphatic heterocycles. The van der Waals surface area contributed by atoms with Crippen molar-refractivity contribution in [1.82, 2.24) is 4.90 Å². The van der Waals surface area contributed by atoms with Crippen LogP contribution in [0.2, 0.25) is 5.02 Å². The highest BCUT2D eigenvalue weighted by Crippen LogP contribution is 2.23. The number of benzene rings is 1. The number of hydrogen-bond acceptors (Lipinski definition) is 3. The number of hydrogen-bond donors (Lipinski definition) is 1. The van der Waals surface area contributed by atoms with Crippen LogP contribution >= 0.6 is 22.9 Å². The number of carbonyl (C=O) groups is 1. The topological polar surface area (TPSA) is 32.3 Å². The Labute approximate surface area is 132 Å². The minimum absolute atomic E-state index is 0.00638. The Morgan fingerprint density at radius 1 is 1.48 bits per heavy atom. The molecule has 1 N–H and O–H groups in total. The summed E-state index contributed by atoms with van der Waals surface area (Å²) < 4.78 is 13.1. The zero-order valence-corrected chi connectivity index (χ0v) is 13.3. The molecule has 0 radical (unpaired) electrons. The summed E-state index contributed by atoms with van der Waals surface area (Å²) in [6.45, 7) is 2.29. The maximum absolute atomic E-state index is 13.1. The molecule has 0 saturated heterocycles. The van der Waals surface area contributed by atoms with Gasteiger partial charge in [-0.3, -0.25) is 9.69 Å². The molecule has 0 bridgehead atoms. The first-order chi connectivity index (χ1) is 9.97. The fourth-order valence-electron chi connectivity index (χ4n) is 1.88. The van der Waals surface area contributed by atoms with Gasteiger partial charge in [-0.1, -0.05) is 17.7 Å². The monoisotopic (exact) mass is 326 g/mol. The van der Waals surface area contributed by atoms with E-state index in [9.17, 15) is 9.18 Å². The number of carbonyl (C=O) groups excluding carboxylic acids is 1. The SMILES string of the molecule is CC(c1cccs1)N(C)CC(=O)Nc1ccc(F)c(Cl)c1. The largest absolute Gasteiger partial charge is 0.325 e. The van der Waals surface area contributed by atoms with Crippen LogP contribution in [-0.2, 0) is 4.79 Å². The molecular weight excluding hydrogens is 311 g/mol. The average molecular weight is 327 g/mol. The molecule has 0 spiro atoms. The van der Waals surface area contributed by atoms with Gasteiger partial charge < -0.3 is 5.32 Å². The standard InChI is InChI=1S/C15H16ClFN2OS/c1-10(14-4-3-7-21-14)19(2)9-15(20)18-11-5-6-13(17)12(16)8-11/h3-8,10H,9H2,1-2H3,(H,18,20). The normalized spacial score (nSPS) is 12.4. The van der Waals surface area contributed by atoms with E-state index in [4.69, 9.17) is 11.6 Å². The summed E-state index contributed by atoms with van der Waals surface area (Å²) in [5, 5.41) is 4.72. The minimum Gasteiger partial charge on any atom is -0.325 e. The van der Waals surface area contributed by atoms with Crippen molar-refractivity contribution in [3.05, 3.63) is 51.4 Å². The third-order valence-corrected chi connectivity index (χ3v) is 4.54. The van der Waals surface area contributed by atoms with Gasteiger partial charge in [0.2, 0.25) is 5.91 Å². The van der Waals surface area contributed by atoms with Crippen LogP contribution in [0.3, 0.4) is 0 Å². The molecule has 1 atom stereocenters. The van der Waals surface area contributed by atoms with Gasteiger partial charge in [0.25, 0.3) is 0 Å². The molecule has 3 nitrogen and oxygen atoms in total. The summed E-state index contributed by atoms with van der Waals surface area (Å²) in [5.74, 6) is -0.665. The number of rotatable bonds is 5. The zero-order valence-electron chi connectivity index (χ0n) is 11.8. The number of halogens is 2. The number of anilines is 1. The predicted octanol–water partition coefficient (Wildman–Crippen LogP) is 4.17. The van der Waals surface area contributed by atoms with Crippen LogP contribution in [-0.4, -0.2) is 24.4 Å². The van der Waals surface area contributed by atoms with Crippen LogP contribution in [0.25, 0.3) is 0 Å². The number of nitrogens with one attached hydrogen (secondary N) is 1. The maximum atomic E-state index is 13.1. The highest BCUT2D eigenvalue weighted by atomic mass is 35.5. The summed E-state index contributed by atoms with van der Waals surface area (Å²) in [4.78, 5) is 15.2. The van der Waals surface area contributed by atoms with Crippen molar-refractivity contribution in [3.63, 3.8) is 0 Å². The van der Waals surface area contributed by atoms with E-state index in [0.29, 0.717) is 5.69 Å². The fourth-order valence-corrected chi connectivity index (χ4v) is 2.91. The highest BCUT2D eigenvalue weighted by Gasteiger charge is 2.15. The molecular formula is C15H16ClFN2OS. The van der Waals surface area contributed by atoms with E-state index in [2.05, 4.69) is 5.32 Å². The third-order valence-electron chi connectivity index (χ3n) is 3.21. The van der Waals surface area contributed by atoms with Gasteiger partial charge in [0, 0.05) is 16.6 Å². The van der Waals surface area contributed by atoms with Gasteiger partial charge >= 0.3 is 0 Å². The van der Waals surface area contributed by atoms with Gasteiger partial charge in [-0.05, 0) is 43.6 Å². The van der Waals surface area contributed by atoms with Crippen LogP contribution in [0.4, 0.5) is 10.1 Å². The molecule has 1 unspecified atom stereocenters. The summed E-state index contributed by atoms with van der Waals surface area (Å²) in [7, 11) is 1.89. The van der Waals surface area contributed by atoms with Gasteiger partial charge in [0.05, 0.1) is 11.6 Å². The molecule has 0 aliphatic rings. The van der Waals surface area contributed by atoms with E-state index in [1.165, 1.54) is 23.1 Å². The van der Waals surface area contributed by atoms with E-state index < -0.39 is 5.82 Å². The number of amides is 1. The van der Waals surface area contributed by atoms with Gasteiger partial charge in [0.15, 0.2) is 0 Å². The van der Waals surface area contributed by atoms with Gasteiger partial charge in [0.1, 0.15) is 5.82 Å². The van der Waals surface area contributed by atoms with Crippen molar-refractivity contribution in [3.8, 4) is 0 Å². The molecule has 0 aliphatic carbocycles. The van der Waals surface area contributed by atoms with Crippen molar-refractivity contribution in [2.75, 3.05) is 18.9 Å². The van der Waals surface area contributed by atoms with Crippen molar-refractivity contribution in [2.24, 2.45) is 0 Å². The first-order valence-corrected chi connectivity index (χ1v) is 7.71. The van der Waals surface area contributed by atoms with Crippen molar-refractivity contribution in [1.29, 1.82) is 0 Å². The molecule has 2 aromatic rings. The molecule has 21 heavy (non-hydrogen) atoms. The van der Waals surface area contributed by atoms with Gasteiger partial charge in [-0.15, -0.1) is 11.3 Å². The quantitative estimate of drug-likeness (QED) is 0.894. The second-order valence-corrected chi connectivity index (χ2v) is 6.17. The van der Waals surface area contributed by atoms with E-state index in [1.54, 1.807) is 11.3 Å². The molecule has 112 valence electrons. The van der Waals surface area contributed by atoms with Crippen molar-refractivity contribution >= 4 is 34.5 Å². The average Bonchev–Trinajstić information content (AvgIpc) is 2.96. The molecule has 1 aromatic heterocycles. The lowest BCUT2D eigenvalue weighted by Crippen LogP contribution is -2.31. The third kappa shape index (κ3) is 4.27. The summed E-state index contributed by atoms with van der Waals surface area (Å²) in [6.07, 6.45) is 0. The Hall–Kier alpha value is -1.43. The lowest BCUT2D eigenvalue weighted by atomic mass is 10.2. The highest BCUT2D eigenvalue weighted by molar-refractivity contribution is 7.10. The van der Waals surface area contributed by atoms with Crippen LogP contribution in [0.5, 0.6) is 0 Å². The molecule has 1 heterocycles. The second kappa shape index (κ2) is 7.02. The number of nitrogens with zero attached hydrogens (tertiary/aromatic N) is 1. The smallest absolute Gasteiger partial charge is 0.238 e. The molecule has 1 aromatic carbocycles. The van der Waals surface area contributed by atoms with E-state index in [-0.39, 0.29) is 23.5 Å². The molecule has 6 heteroatoms. The first-order valence-electron chi connectivity index (χ1n) is 6.46. The molecule has 0 saturated carbocycles. The predicted molar refractivity (Wildman–Crippen MR) is 85.4 cm³/mol. The van der Waals surface area contributed by atoms with Crippen LogP contribution in [0.15, 0.2) is 35.7 Å². The van der Waals surface area contributed by atoms with Crippen molar-refractivity contribution < 1.29 is 9.18 Å².